The molecule has 1 aromatic carbocycles. The first-order valence-corrected chi connectivity index (χ1v) is 7.78. The average Bonchev–Trinajstić information content (AvgIpc) is 2.98. The second-order valence-corrected chi connectivity index (χ2v) is 5.87. The Kier molecular flexibility index (Phi) is 5.26. The normalized spacial score (nSPS) is 11.5. The molecular formula is C12H16N4O4S. The molecule has 0 aliphatic rings. The van der Waals surface area contributed by atoms with Crippen molar-refractivity contribution in [3.8, 4) is 5.75 Å². The molecule has 0 saturated carbocycles. The molecule has 0 radical (unpaired) electrons. The number of aromatic nitrogens is 2. The molecule has 2 aromatic rings. The number of hydrogen-bond acceptors (Lipinski definition) is 7. The van der Waals surface area contributed by atoms with Crippen LogP contribution in [0.4, 0.5) is 0 Å². The minimum Gasteiger partial charge on any atom is -0.492 e. The van der Waals surface area contributed by atoms with Crippen molar-refractivity contribution < 1.29 is 17.7 Å². The van der Waals surface area contributed by atoms with E-state index in [4.69, 9.17) is 10.5 Å². The molecule has 0 atom stereocenters. The second kappa shape index (κ2) is 7.16. The lowest BCUT2D eigenvalue weighted by molar-refractivity contribution is 0.328. The van der Waals surface area contributed by atoms with Gasteiger partial charge in [-0.2, -0.15) is 4.98 Å². The third-order valence-electron chi connectivity index (χ3n) is 2.57. The van der Waals surface area contributed by atoms with Crippen LogP contribution in [0.2, 0.25) is 0 Å². The summed E-state index contributed by atoms with van der Waals surface area (Å²) >= 11 is 0. The van der Waals surface area contributed by atoms with Gasteiger partial charge in [-0.1, -0.05) is 5.16 Å². The van der Waals surface area contributed by atoms with Gasteiger partial charge in [0.25, 0.3) is 0 Å². The summed E-state index contributed by atoms with van der Waals surface area (Å²) in [5.74, 6) is 1.02. The molecule has 1 aromatic heterocycles. The maximum atomic E-state index is 12.0. The van der Waals surface area contributed by atoms with Gasteiger partial charge in [0.2, 0.25) is 16.4 Å². The fourth-order valence-electron chi connectivity index (χ4n) is 1.57. The topological polar surface area (TPSA) is 120 Å². The third-order valence-corrected chi connectivity index (χ3v) is 4.05. The number of sulfonamides is 1. The van der Waals surface area contributed by atoms with Crippen LogP contribution in [0.1, 0.15) is 5.82 Å². The Morgan fingerprint density at radius 2 is 2.05 bits per heavy atom. The Hall–Kier alpha value is -1.97. The van der Waals surface area contributed by atoms with Crippen molar-refractivity contribution in [3.63, 3.8) is 0 Å². The van der Waals surface area contributed by atoms with E-state index in [0.717, 1.165) is 0 Å². The molecular weight excluding hydrogens is 296 g/mol. The summed E-state index contributed by atoms with van der Waals surface area (Å²) in [7, 11) is -3.57. The van der Waals surface area contributed by atoms with E-state index in [-0.39, 0.29) is 11.4 Å². The number of nitrogens with zero attached hydrogens (tertiary/aromatic N) is 2. The lowest BCUT2D eigenvalue weighted by Crippen LogP contribution is -2.26. The van der Waals surface area contributed by atoms with Crippen molar-refractivity contribution in [1.29, 1.82) is 0 Å². The van der Waals surface area contributed by atoms with Gasteiger partial charge >= 0.3 is 0 Å². The summed E-state index contributed by atoms with van der Waals surface area (Å²) in [6.07, 6.45) is 1.55. The first kappa shape index (κ1) is 15.4. The largest absolute Gasteiger partial charge is 0.492 e. The maximum absolute atomic E-state index is 12.0. The van der Waals surface area contributed by atoms with Crippen molar-refractivity contribution >= 4 is 10.0 Å². The van der Waals surface area contributed by atoms with E-state index in [9.17, 15) is 8.42 Å². The van der Waals surface area contributed by atoms with E-state index in [1.807, 2.05) is 0 Å². The van der Waals surface area contributed by atoms with Gasteiger partial charge in [0.1, 0.15) is 12.4 Å². The molecule has 0 fully saturated rings. The second-order valence-electron chi connectivity index (χ2n) is 4.10. The zero-order valence-corrected chi connectivity index (χ0v) is 12.0. The summed E-state index contributed by atoms with van der Waals surface area (Å²) in [6, 6.07) is 6.12. The summed E-state index contributed by atoms with van der Waals surface area (Å²) in [6.45, 7) is 0.972. The van der Waals surface area contributed by atoms with Gasteiger partial charge in [-0.3, -0.25) is 0 Å². The van der Waals surface area contributed by atoms with E-state index < -0.39 is 10.0 Å². The summed E-state index contributed by atoms with van der Waals surface area (Å²) in [4.78, 5) is 3.97. The molecule has 0 saturated heterocycles. The molecule has 3 N–H and O–H groups in total. The Labute approximate surface area is 122 Å². The van der Waals surface area contributed by atoms with E-state index in [1.165, 1.54) is 18.5 Å². The van der Waals surface area contributed by atoms with E-state index in [0.29, 0.717) is 31.1 Å². The van der Waals surface area contributed by atoms with Gasteiger partial charge in [0.15, 0.2) is 5.82 Å². The number of hydrogen-bond donors (Lipinski definition) is 2. The van der Waals surface area contributed by atoms with Gasteiger partial charge in [0.05, 0.1) is 4.90 Å². The lowest BCUT2D eigenvalue weighted by Gasteiger charge is -2.07. The van der Waals surface area contributed by atoms with Crippen LogP contribution in [0.5, 0.6) is 5.75 Å². The molecule has 1 heterocycles. The minimum absolute atomic E-state index is 0.163. The minimum atomic E-state index is -3.57. The number of ether oxygens (including phenoxy) is 1. The van der Waals surface area contributed by atoms with Crippen LogP contribution >= 0.6 is 0 Å². The molecule has 0 bridgehead atoms. The van der Waals surface area contributed by atoms with Crippen LogP contribution in [0, 0.1) is 0 Å². The predicted molar refractivity (Wildman–Crippen MR) is 74.2 cm³/mol. The summed E-state index contributed by atoms with van der Waals surface area (Å²) in [5, 5.41) is 3.60. The molecule has 21 heavy (non-hydrogen) atoms. The Bertz CT molecular complexity index is 640. The maximum Gasteiger partial charge on any atom is 0.240 e. The molecule has 2 rings (SSSR count). The highest BCUT2D eigenvalue weighted by Crippen LogP contribution is 2.15. The number of benzene rings is 1. The monoisotopic (exact) mass is 312 g/mol. The Morgan fingerprint density at radius 1 is 1.29 bits per heavy atom. The van der Waals surface area contributed by atoms with E-state index >= 15 is 0 Å². The van der Waals surface area contributed by atoms with Crippen LogP contribution in [0.3, 0.4) is 0 Å². The molecule has 0 aliphatic carbocycles. The zero-order chi connectivity index (χ0) is 15.1. The van der Waals surface area contributed by atoms with Crippen LogP contribution < -0.4 is 15.2 Å². The Balaban J connectivity index is 1.92. The predicted octanol–water partition coefficient (Wildman–Crippen LogP) is -0.0719. The third kappa shape index (κ3) is 4.52. The van der Waals surface area contributed by atoms with E-state index in [1.54, 1.807) is 12.1 Å². The fourth-order valence-corrected chi connectivity index (χ4v) is 2.61. The van der Waals surface area contributed by atoms with Crippen LogP contribution in [0.15, 0.2) is 40.1 Å². The first-order chi connectivity index (χ1) is 10.1. The van der Waals surface area contributed by atoms with Crippen molar-refractivity contribution in [2.24, 2.45) is 5.73 Å². The first-order valence-electron chi connectivity index (χ1n) is 6.29. The molecule has 9 heteroatoms. The molecule has 0 aliphatic heterocycles. The van der Waals surface area contributed by atoms with Gasteiger partial charge in [-0.25, -0.2) is 13.1 Å². The van der Waals surface area contributed by atoms with Gasteiger partial charge in [-0.05, 0) is 24.3 Å². The number of nitrogens with one attached hydrogen (secondary N) is 1. The standard InChI is InChI=1S/C12H16N4O4S/c13-6-8-19-10-1-3-11(4-2-10)21(17,18)15-7-5-12-14-9-20-16-12/h1-4,9,15H,5-8,13H2. The molecule has 0 amide bonds. The highest BCUT2D eigenvalue weighted by molar-refractivity contribution is 7.89. The molecule has 0 spiro atoms. The van der Waals surface area contributed by atoms with Crippen LogP contribution in [-0.2, 0) is 16.4 Å². The van der Waals surface area contributed by atoms with Gasteiger partial charge < -0.3 is 15.0 Å². The molecule has 114 valence electrons. The highest BCUT2D eigenvalue weighted by atomic mass is 32.2. The van der Waals surface area contributed by atoms with Crippen molar-refractivity contribution in [2.75, 3.05) is 19.7 Å². The Morgan fingerprint density at radius 3 is 2.67 bits per heavy atom. The average molecular weight is 312 g/mol. The number of rotatable bonds is 8. The van der Waals surface area contributed by atoms with Crippen LogP contribution in [-0.4, -0.2) is 38.3 Å². The quantitative estimate of drug-likeness (QED) is 0.699. The SMILES string of the molecule is NCCOc1ccc(S(=O)(=O)NCCc2ncon2)cc1. The van der Waals surface area contributed by atoms with Crippen molar-refractivity contribution in [2.45, 2.75) is 11.3 Å². The fraction of sp³-hybridized carbons (Fsp3) is 0.333. The lowest BCUT2D eigenvalue weighted by atomic mass is 10.3. The summed E-state index contributed by atoms with van der Waals surface area (Å²) < 4.78 is 36.4. The van der Waals surface area contributed by atoms with E-state index in [2.05, 4.69) is 19.4 Å². The highest BCUT2D eigenvalue weighted by Gasteiger charge is 2.13. The molecule has 0 unspecified atom stereocenters. The number of nitrogens with two attached hydrogens (primary N) is 1. The molecule has 8 nitrogen and oxygen atoms in total. The van der Waals surface area contributed by atoms with Crippen molar-refractivity contribution in [3.05, 3.63) is 36.5 Å². The van der Waals surface area contributed by atoms with Gasteiger partial charge in [0, 0.05) is 19.5 Å². The van der Waals surface area contributed by atoms with Crippen molar-refractivity contribution in [1.82, 2.24) is 14.9 Å². The van der Waals surface area contributed by atoms with Gasteiger partial charge in [-0.15, -0.1) is 0 Å². The summed E-state index contributed by atoms with van der Waals surface area (Å²) in [5.41, 5.74) is 5.32. The van der Waals surface area contributed by atoms with Crippen LogP contribution in [0.25, 0.3) is 0 Å². The smallest absolute Gasteiger partial charge is 0.240 e. The zero-order valence-electron chi connectivity index (χ0n) is 11.2.